The van der Waals surface area contributed by atoms with Crippen molar-refractivity contribution in [2.75, 3.05) is 0 Å². The van der Waals surface area contributed by atoms with Gasteiger partial charge in [-0.05, 0) is 22.7 Å². The number of benzene rings is 2. The fourth-order valence-electron chi connectivity index (χ4n) is 1.73. The average molecular weight is 249 g/mol. The fourth-order valence-corrected chi connectivity index (χ4v) is 1.73. The molecular formula is C15H12BNO2. The van der Waals surface area contributed by atoms with Crippen molar-refractivity contribution in [1.82, 2.24) is 0 Å². The van der Waals surface area contributed by atoms with Gasteiger partial charge in [-0.15, -0.1) is 0 Å². The summed E-state index contributed by atoms with van der Waals surface area (Å²) in [4.78, 5) is 0. The molecule has 19 heavy (non-hydrogen) atoms. The molecule has 0 radical (unpaired) electrons. The lowest BCUT2D eigenvalue weighted by molar-refractivity contribution is 0.426. The lowest BCUT2D eigenvalue weighted by Crippen LogP contribution is -2.29. The Hall–Kier alpha value is -2.35. The van der Waals surface area contributed by atoms with Crippen molar-refractivity contribution < 1.29 is 10.0 Å². The highest BCUT2D eigenvalue weighted by Gasteiger charge is 2.10. The molecule has 0 unspecified atom stereocenters. The molecule has 2 aromatic rings. The normalized spacial score (nSPS) is 10.9. The Bertz CT molecular complexity index is 613. The van der Waals surface area contributed by atoms with Crippen LogP contribution in [-0.2, 0) is 0 Å². The Morgan fingerprint density at radius 3 is 2.16 bits per heavy atom. The number of nitriles is 1. The third-order valence-corrected chi connectivity index (χ3v) is 2.75. The van der Waals surface area contributed by atoms with Gasteiger partial charge in [-0.25, -0.2) is 0 Å². The van der Waals surface area contributed by atoms with Crippen LogP contribution in [0.5, 0.6) is 0 Å². The molecule has 0 saturated heterocycles. The number of rotatable bonds is 3. The van der Waals surface area contributed by atoms with Crippen LogP contribution in [0.3, 0.4) is 0 Å². The van der Waals surface area contributed by atoms with Gasteiger partial charge in [0, 0.05) is 0 Å². The van der Waals surface area contributed by atoms with E-state index in [9.17, 15) is 5.26 Å². The summed E-state index contributed by atoms with van der Waals surface area (Å²) in [6, 6.07) is 18.3. The molecule has 92 valence electrons. The fraction of sp³-hybridized carbons (Fsp3) is 0. The van der Waals surface area contributed by atoms with Crippen LogP contribution in [0.15, 0.2) is 54.6 Å². The van der Waals surface area contributed by atoms with Crippen LogP contribution in [0.1, 0.15) is 11.1 Å². The molecule has 0 atom stereocenters. The van der Waals surface area contributed by atoms with Gasteiger partial charge in [0.15, 0.2) is 0 Å². The highest BCUT2D eigenvalue weighted by molar-refractivity contribution is 6.58. The van der Waals surface area contributed by atoms with Crippen molar-refractivity contribution in [2.24, 2.45) is 0 Å². The molecule has 0 heterocycles. The predicted octanol–water partition coefficient (Wildman–Crippen LogP) is 1.43. The number of hydrogen-bond acceptors (Lipinski definition) is 3. The minimum atomic E-state index is -1.49. The zero-order valence-electron chi connectivity index (χ0n) is 10.2. The number of hydrogen-bond donors (Lipinski definition) is 2. The van der Waals surface area contributed by atoms with E-state index in [0.29, 0.717) is 11.0 Å². The SMILES string of the molecule is N#CC(=Cc1ccccc1)c1ccc(B(O)O)cc1. The molecule has 2 N–H and O–H groups in total. The van der Waals surface area contributed by atoms with Gasteiger partial charge in [0.25, 0.3) is 0 Å². The van der Waals surface area contributed by atoms with Gasteiger partial charge in [-0.2, -0.15) is 5.26 Å². The topological polar surface area (TPSA) is 64.2 Å². The Balaban J connectivity index is 2.33. The monoisotopic (exact) mass is 249 g/mol. The molecule has 3 nitrogen and oxygen atoms in total. The number of nitrogens with zero attached hydrogens (tertiary/aromatic N) is 1. The summed E-state index contributed by atoms with van der Waals surface area (Å²) in [5.74, 6) is 0. The first-order valence-electron chi connectivity index (χ1n) is 5.84. The molecule has 0 aliphatic rings. The maximum Gasteiger partial charge on any atom is 0.488 e. The highest BCUT2D eigenvalue weighted by atomic mass is 16.4. The molecule has 0 amide bonds. The van der Waals surface area contributed by atoms with Crippen molar-refractivity contribution in [1.29, 1.82) is 5.26 Å². The molecule has 0 aliphatic carbocycles. The van der Waals surface area contributed by atoms with Gasteiger partial charge >= 0.3 is 7.12 Å². The smallest absolute Gasteiger partial charge is 0.423 e. The van der Waals surface area contributed by atoms with Gasteiger partial charge < -0.3 is 10.0 Å². The zero-order valence-corrected chi connectivity index (χ0v) is 10.2. The molecular weight excluding hydrogens is 237 g/mol. The Labute approximate surface area is 112 Å². The predicted molar refractivity (Wildman–Crippen MR) is 76.2 cm³/mol. The largest absolute Gasteiger partial charge is 0.488 e. The van der Waals surface area contributed by atoms with E-state index < -0.39 is 7.12 Å². The van der Waals surface area contributed by atoms with Crippen molar-refractivity contribution in [3.63, 3.8) is 0 Å². The summed E-state index contributed by atoms with van der Waals surface area (Å²) in [5, 5.41) is 27.2. The molecule has 0 fully saturated rings. The van der Waals surface area contributed by atoms with E-state index in [0.717, 1.165) is 11.1 Å². The minimum Gasteiger partial charge on any atom is -0.423 e. The van der Waals surface area contributed by atoms with Gasteiger partial charge in [0.2, 0.25) is 0 Å². The summed E-state index contributed by atoms with van der Waals surface area (Å²) in [7, 11) is -1.49. The molecule has 0 aliphatic heterocycles. The van der Waals surface area contributed by atoms with Gasteiger partial charge in [0.1, 0.15) is 0 Å². The van der Waals surface area contributed by atoms with Crippen LogP contribution in [0.25, 0.3) is 11.6 Å². The molecule has 0 spiro atoms. The molecule has 2 aromatic carbocycles. The van der Waals surface area contributed by atoms with Gasteiger partial charge in [0.05, 0.1) is 11.6 Å². The van der Waals surface area contributed by atoms with E-state index in [1.807, 2.05) is 30.3 Å². The van der Waals surface area contributed by atoms with E-state index in [1.54, 1.807) is 30.3 Å². The second-order valence-electron chi connectivity index (χ2n) is 4.08. The Morgan fingerprint density at radius 2 is 1.63 bits per heavy atom. The van der Waals surface area contributed by atoms with Crippen LogP contribution < -0.4 is 5.46 Å². The van der Waals surface area contributed by atoms with E-state index in [1.165, 1.54) is 0 Å². The third kappa shape index (κ3) is 3.32. The highest BCUT2D eigenvalue weighted by Crippen LogP contribution is 2.16. The van der Waals surface area contributed by atoms with E-state index in [2.05, 4.69) is 6.07 Å². The maximum atomic E-state index is 9.20. The first-order chi connectivity index (χ1) is 9.20. The first-order valence-corrected chi connectivity index (χ1v) is 5.84. The van der Waals surface area contributed by atoms with Gasteiger partial charge in [-0.1, -0.05) is 54.6 Å². The van der Waals surface area contributed by atoms with Crippen molar-refractivity contribution in [3.05, 3.63) is 65.7 Å². The first kappa shape index (κ1) is 13.1. The standard InChI is InChI=1S/C15H12BNO2/c17-11-14(10-12-4-2-1-3-5-12)13-6-8-15(9-7-13)16(18)19/h1-10,18-19H. The summed E-state index contributed by atoms with van der Waals surface area (Å²) in [6.45, 7) is 0. The van der Waals surface area contributed by atoms with Crippen LogP contribution in [-0.4, -0.2) is 17.2 Å². The number of allylic oxidation sites excluding steroid dienone is 1. The van der Waals surface area contributed by atoms with Crippen molar-refractivity contribution in [3.8, 4) is 6.07 Å². The second kappa shape index (κ2) is 6.01. The lowest BCUT2D eigenvalue weighted by atomic mass is 9.80. The van der Waals surface area contributed by atoms with Crippen molar-refractivity contribution in [2.45, 2.75) is 0 Å². The van der Waals surface area contributed by atoms with Crippen LogP contribution in [0, 0.1) is 11.3 Å². The van der Waals surface area contributed by atoms with E-state index >= 15 is 0 Å². The summed E-state index contributed by atoms with van der Waals surface area (Å²) in [5.41, 5.74) is 2.63. The molecule has 0 bridgehead atoms. The van der Waals surface area contributed by atoms with Crippen LogP contribution in [0.4, 0.5) is 0 Å². The summed E-state index contributed by atoms with van der Waals surface area (Å²) in [6.07, 6.45) is 1.80. The minimum absolute atomic E-state index is 0.403. The average Bonchev–Trinajstić information content (AvgIpc) is 2.46. The van der Waals surface area contributed by atoms with Gasteiger partial charge in [-0.3, -0.25) is 0 Å². The molecule has 4 heteroatoms. The third-order valence-electron chi connectivity index (χ3n) is 2.75. The quantitative estimate of drug-likeness (QED) is 0.491. The second-order valence-corrected chi connectivity index (χ2v) is 4.08. The van der Waals surface area contributed by atoms with Crippen LogP contribution >= 0.6 is 0 Å². The summed E-state index contributed by atoms with van der Waals surface area (Å²) < 4.78 is 0. The lowest BCUT2D eigenvalue weighted by Gasteiger charge is -2.02. The molecule has 0 aromatic heterocycles. The Morgan fingerprint density at radius 1 is 1.00 bits per heavy atom. The molecule has 2 rings (SSSR count). The zero-order chi connectivity index (χ0) is 13.7. The maximum absolute atomic E-state index is 9.20. The van der Waals surface area contributed by atoms with Crippen molar-refractivity contribution >= 4 is 24.2 Å². The van der Waals surface area contributed by atoms with Crippen LogP contribution in [0.2, 0.25) is 0 Å². The van der Waals surface area contributed by atoms with E-state index in [-0.39, 0.29) is 0 Å². The molecule has 0 saturated carbocycles. The van der Waals surface area contributed by atoms with E-state index in [4.69, 9.17) is 10.0 Å². The summed E-state index contributed by atoms with van der Waals surface area (Å²) >= 11 is 0. The Kier molecular flexibility index (Phi) is 4.14.